The van der Waals surface area contributed by atoms with E-state index in [9.17, 15) is 19.1 Å². The summed E-state index contributed by atoms with van der Waals surface area (Å²) in [4.78, 5) is 32.1. The Morgan fingerprint density at radius 1 is 1.19 bits per heavy atom. The first-order valence-corrected chi connectivity index (χ1v) is 16.2. The molecule has 200 valence electrons. The van der Waals surface area contributed by atoms with Crippen LogP contribution in [0.1, 0.15) is 54.5 Å². The largest absolute Gasteiger partial charge is 0.465 e. The molecule has 3 aromatic rings. The van der Waals surface area contributed by atoms with Crippen molar-refractivity contribution in [2.45, 2.75) is 70.6 Å². The van der Waals surface area contributed by atoms with Crippen LogP contribution >= 0.6 is 0 Å². The van der Waals surface area contributed by atoms with Crippen molar-refractivity contribution in [2.24, 2.45) is 0 Å². The van der Waals surface area contributed by atoms with Gasteiger partial charge in [0.05, 0.1) is 17.9 Å². The second-order valence-electron chi connectivity index (χ2n) is 10.2. The van der Waals surface area contributed by atoms with E-state index in [1.54, 1.807) is 29.0 Å². The number of nitrogens with zero attached hydrogens (tertiary/aromatic N) is 3. The summed E-state index contributed by atoms with van der Waals surface area (Å²) in [5, 5.41) is 12.0. The highest BCUT2D eigenvalue weighted by atomic mass is 28.3. The van der Waals surface area contributed by atoms with Gasteiger partial charge >= 0.3 is 6.09 Å². The number of benzene rings is 1. The van der Waals surface area contributed by atoms with Crippen LogP contribution in [0.2, 0.25) is 25.7 Å². The van der Waals surface area contributed by atoms with Crippen molar-refractivity contribution in [3.05, 3.63) is 60.5 Å². The van der Waals surface area contributed by atoms with Gasteiger partial charge < -0.3 is 24.1 Å². The second kappa shape index (κ2) is 13.3. The number of Topliss-reactive ketones (excluding diaryl/α,β-unsaturated/α-hetero) is 1. The number of ether oxygens (including phenoxy) is 1. The van der Waals surface area contributed by atoms with Crippen molar-refractivity contribution in [1.29, 1.82) is 0 Å². The summed E-state index contributed by atoms with van der Waals surface area (Å²) in [6, 6.07) is 6.76. The fraction of sp³-hybridized carbons (Fsp3) is 0.462. The molecule has 3 rings (SSSR count). The molecule has 2 heterocycles. The Morgan fingerprint density at radius 2 is 1.97 bits per heavy atom. The third kappa shape index (κ3) is 8.64. The summed E-state index contributed by atoms with van der Waals surface area (Å²) in [7, 11) is -1.31. The average molecular weight is 531 g/mol. The van der Waals surface area contributed by atoms with Crippen LogP contribution in [-0.4, -0.2) is 46.2 Å². The number of hydrogen-bond donors (Lipinski definition) is 2. The van der Waals surface area contributed by atoms with Crippen LogP contribution in [-0.2, 0) is 11.5 Å². The zero-order valence-electron chi connectivity index (χ0n) is 21.6. The van der Waals surface area contributed by atoms with Crippen molar-refractivity contribution in [2.75, 3.05) is 6.61 Å². The Labute approximate surface area is 217 Å². The number of amides is 1. The second-order valence-corrected chi connectivity index (χ2v) is 15.8. The number of aromatic nitrogens is 3. The zero-order chi connectivity index (χ0) is 26.8. The minimum atomic E-state index is -1.31. The lowest BCUT2D eigenvalue weighted by Gasteiger charge is -2.21. The highest BCUT2D eigenvalue weighted by Crippen LogP contribution is 2.28. The first kappa shape index (κ1) is 28.3. The molecule has 1 aromatic carbocycles. The normalized spacial score (nSPS) is 12.4. The Kier molecular flexibility index (Phi) is 10.2. The summed E-state index contributed by atoms with van der Waals surface area (Å²) >= 11 is 0. The molecule has 1 amide bonds. The summed E-state index contributed by atoms with van der Waals surface area (Å²) in [5.41, 5.74) is 1.20. The van der Waals surface area contributed by atoms with Crippen LogP contribution < -0.4 is 5.32 Å². The summed E-state index contributed by atoms with van der Waals surface area (Å²) < 4.78 is 27.2. The third-order valence-electron chi connectivity index (χ3n) is 5.98. The van der Waals surface area contributed by atoms with Crippen molar-refractivity contribution >= 4 is 20.0 Å². The molecule has 0 bridgehead atoms. The van der Waals surface area contributed by atoms with Gasteiger partial charge in [0.1, 0.15) is 30.3 Å². The summed E-state index contributed by atoms with van der Waals surface area (Å²) in [6.45, 7) is 7.47. The lowest BCUT2D eigenvalue weighted by atomic mass is 10.0. The fourth-order valence-electron chi connectivity index (χ4n) is 3.93. The number of carboxylic acid groups (broad SMARTS) is 1. The molecular weight excluding hydrogens is 495 g/mol. The van der Waals surface area contributed by atoms with E-state index in [4.69, 9.17) is 9.15 Å². The number of ketones is 1. The van der Waals surface area contributed by atoms with Crippen molar-refractivity contribution in [3.63, 3.8) is 0 Å². The van der Waals surface area contributed by atoms with Gasteiger partial charge in [-0.05, 0) is 31.0 Å². The SMILES string of the molecule is C[Si](C)(C)CCOCn1c(-c2ccccc2F)cnc1C(CCCCCC(=O)c1cocn1)NC(=O)O. The number of halogens is 1. The van der Waals surface area contributed by atoms with Crippen molar-refractivity contribution in [3.8, 4) is 11.3 Å². The minimum Gasteiger partial charge on any atom is -0.465 e. The first-order valence-electron chi connectivity index (χ1n) is 12.4. The molecule has 0 spiro atoms. The number of unbranched alkanes of at least 4 members (excludes halogenated alkanes) is 2. The fourth-order valence-corrected chi connectivity index (χ4v) is 4.68. The maximum Gasteiger partial charge on any atom is 0.405 e. The molecule has 1 unspecified atom stereocenters. The monoisotopic (exact) mass is 530 g/mol. The van der Waals surface area contributed by atoms with E-state index in [0.29, 0.717) is 55.1 Å². The van der Waals surface area contributed by atoms with Crippen molar-refractivity contribution < 1.29 is 28.2 Å². The molecule has 0 fully saturated rings. The Morgan fingerprint density at radius 3 is 2.65 bits per heavy atom. The third-order valence-corrected chi connectivity index (χ3v) is 7.68. The van der Waals surface area contributed by atoms with Crippen molar-refractivity contribution in [1.82, 2.24) is 19.9 Å². The van der Waals surface area contributed by atoms with Crippen LogP contribution in [0.5, 0.6) is 0 Å². The summed E-state index contributed by atoms with van der Waals surface area (Å²) in [5.74, 6) is -0.0151. The molecule has 2 aromatic heterocycles. The van der Waals surface area contributed by atoms with Gasteiger partial charge in [0.15, 0.2) is 12.2 Å². The average Bonchev–Trinajstić information content (AvgIpc) is 3.51. The van der Waals surface area contributed by atoms with Gasteiger partial charge in [0.2, 0.25) is 0 Å². The van der Waals surface area contributed by atoms with Crippen LogP contribution in [0.4, 0.5) is 9.18 Å². The van der Waals surface area contributed by atoms with Gasteiger partial charge in [-0.25, -0.2) is 19.2 Å². The predicted molar refractivity (Wildman–Crippen MR) is 140 cm³/mol. The Balaban J connectivity index is 1.73. The molecule has 37 heavy (non-hydrogen) atoms. The zero-order valence-corrected chi connectivity index (χ0v) is 22.6. The number of carbonyl (C=O) groups excluding carboxylic acids is 1. The molecule has 2 N–H and O–H groups in total. The molecule has 1 atom stereocenters. The standard InChI is InChI=1S/C26H35FN4O5Si/c1-37(2,3)14-13-35-18-31-23(19-9-7-8-10-20(19)27)15-28-25(31)21(30-26(33)34)11-5-4-6-12-24(32)22-16-36-17-29-22/h7-10,15-17,21,30H,4-6,11-14,18H2,1-3H3,(H,33,34). The minimum absolute atomic E-state index is 0.0884. The molecule has 0 saturated heterocycles. The van der Waals surface area contributed by atoms with E-state index in [1.807, 2.05) is 0 Å². The molecule has 0 aliphatic carbocycles. The van der Waals surface area contributed by atoms with E-state index in [2.05, 4.69) is 34.9 Å². The highest BCUT2D eigenvalue weighted by Gasteiger charge is 2.23. The molecule has 11 heteroatoms. The number of hydrogen-bond acceptors (Lipinski definition) is 6. The van der Waals surface area contributed by atoms with Crippen LogP contribution in [0.3, 0.4) is 0 Å². The molecule has 0 radical (unpaired) electrons. The lowest BCUT2D eigenvalue weighted by molar-refractivity contribution is 0.0845. The van der Waals surface area contributed by atoms with Gasteiger partial charge in [-0.1, -0.05) is 44.6 Å². The molecular formula is C26H35FN4O5Si. The van der Waals surface area contributed by atoms with Crippen LogP contribution in [0, 0.1) is 5.82 Å². The number of nitrogens with one attached hydrogen (secondary N) is 1. The summed E-state index contributed by atoms with van der Waals surface area (Å²) in [6.07, 6.45) is 5.75. The molecule has 0 aliphatic heterocycles. The van der Waals surface area contributed by atoms with Gasteiger partial charge in [-0.15, -0.1) is 0 Å². The Bertz CT molecular complexity index is 1160. The molecule has 0 saturated carbocycles. The van der Waals surface area contributed by atoms with Gasteiger partial charge in [-0.3, -0.25) is 4.79 Å². The molecule has 0 aliphatic rings. The van der Waals surface area contributed by atoms with Gasteiger partial charge in [0, 0.05) is 26.7 Å². The van der Waals surface area contributed by atoms with Crippen LogP contribution in [0.15, 0.2) is 47.5 Å². The first-order chi connectivity index (χ1) is 17.7. The van der Waals surface area contributed by atoms with E-state index < -0.39 is 26.0 Å². The van der Waals surface area contributed by atoms with Gasteiger partial charge in [0.25, 0.3) is 0 Å². The van der Waals surface area contributed by atoms with Gasteiger partial charge in [-0.2, -0.15) is 0 Å². The predicted octanol–water partition coefficient (Wildman–Crippen LogP) is 6.13. The quantitative estimate of drug-likeness (QED) is 0.138. The Hall–Kier alpha value is -3.31. The maximum absolute atomic E-state index is 14.7. The maximum atomic E-state index is 14.7. The number of imidazole rings is 1. The smallest absolute Gasteiger partial charge is 0.405 e. The number of rotatable bonds is 15. The lowest BCUT2D eigenvalue weighted by Crippen LogP contribution is -2.30. The highest BCUT2D eigenvalue weighted by molar-refractivity contribution is 6.76. The number of carbonyl (C=O) groups is 2. The van der Waals surface area contributed by atoms with Crippen LogP contribution in [0.25, 0.3) is 11.3 Å². The van der Waals surface area contributed by atoms with E-state index in [-0.39, 0.29) is 12.5 Å². The van der Waals surface area contributed by atoms with E-state index in [0.717, 1.165) is 12.5 Å². The molecule has 9 nitrogen and oxygen atoms in total. The van der Waals surface area contributed by atoms with E-state index in [1.165, 1.54) is 18.7 Å². The topological polar surface area (TPSA) is 119 Å². The van der Waals surface area contributed by atoms with E-state index >= 15 is 0 Å². The number of oxazole rings is 1.